The molecule has 4 rings (SSSR count). The summed E-state index contributed by atoms with van der Waals surface area (Å²) in [6.45, 7) is 17.9. The summed E-state index contributed by atoms with van der Waals surface area (Å²) in [7, 11) is 1.96. The van der Waals surface area contributed by atoms with Crippen LogP contribution in [-0.4, -0.2) is 102 Å². The van der Waals surface area contributed by atoms with Gasteiger partial charge in [0.2, 0.25) is 11.8 Å². The Kier molecular flexibility index (Phi) is 17.6. The van der Waals surface area contributed by atoms with Gasteiger partial charge in [-0.2, -0.15) is 0 Å². The van der Waals surface area contributed by atoms with E-state index in [4.69, 9.17) is 20.2 Å². The van der Waals surface area contributed by atoms with Crippen molar-refractivity contribution in [1.82, 2.24) is 25.4 Å². The number of esters is 1. The normalized spacial score (nSPS) is 21.0. The van der Waals surface area contributed by atoms with Gasteiger partial charge in [-0.05, 0) is 95.1 Å². The largest absolute Gasteiger partial charge is 0.461 e. The topological polar surface area (TPSA) is 156 Å². The number of amides is 3. The number of likely N-dealkylation sites (N-methyl/N-ethyl adjacent to an activating group) is 1. The molecular formula is C43H65FN6O6S. The van der Waals surface area contributed by atoms with Gasteiger partial charge in [-0.3, -0.25) is 24.1 Å². The number of piperidine rings is 1. The molecule has 1 aliphatic carbocycles. The number of benzene rings is 1. The number of fused-ring (bicyclic) bond motifs is 1. The molecule has 1 aromatic heterocycles. The van der Waals surface area contributed by atoms with E-state index in [0.29, 0.717) is 49.4 Å². The average molecular weight is 813 g/mol. The van der Waals surface area contributed by atoms with Crippen molar-refractivity contribution in [2.75, 3.05) is 33.3 Å². The highest BCUT2D eigenvalue weighted by atomic mass is 32.1. The van der Waals surface area contributed by atoms with E-state index in [1.54, 1.807) is 18.4 Å². The second kappa shape index (κ2) is 21.9. The predicted molar refractivity (Wildman–Crippen MR) is 221 cm³/mol. The third-order valence-electron chi connectivity index (χ3n) is 11.3. The molecule has 8 unspecified atom stereocenters. The molecule has 8 atom stereocenters. The molecule has 2 heterocycles. The summed E-state index contributed by atoms with van der Waals surface area (Å²) in [5.74, 6) is -2.48. The number of aromatic nitrogens is 1. The Morgan fingerprint density at radius 2 is 1.91 bits per heavy atom. The summed E-state index contributed by atoms with van der Waals surface area (Å²) in [5, 5.41) is 8.50. The summed E-state index contributed by atoms with van der Waals surface area (Å²) >= 11 is 1.31. The molecule has 1 aromatic carbocycles. The summed E-state index contributed by atoms with van der Waals surface area (Å²) in [4.78, 5) is 63.8. The maximum Gasteiger partial charge on any atom is 0.313 e. The second-order valence-electron chi connectivity index (χ2n) is 15.9. The van der Waals surface area contributed by atoms with Crippen LogP contribution in [0.1, 0.15) is 132 Å². The zero-order valence-corrected chi connectivity index (χ0v) is 35.8. The number of nitrogens with one attached hydrogen (secondary N) is 2. The van der Waals surface area contributed by atoms with Crippen molar-refractivity contribution in [2.45, 2.75) is 142 Å². The summed E-state index contributed by atoms with van der Waals surface area (Å²) in [6.07, 6.45) is 4.92. The Labute approximate surface area is 342 Å². The Morgan fingerprint density at radius 3 is 2.56 bits per heavy atom. The predicted octanol–water partition coefficient (Wildman–Crippen LogP) is 6.06. The first-order chi connectivity index (χ1) is 27.2. The number of rotatable bonds is 20. The fourth-order valence-corrected chi connectivity index (χ4v) is 8.63. The molecule has 0 bridgehead atoms. The Balaban J connectivity index is 1.55. The van der Waals surface area contributed by atoms with Crippen LogP contribution in [0.5, 0.6) is 0 Å². The van der Waals surface area contributed by atoms with Gasteiger partial charge >= 0.3 is 5.97 Å². The van der Waals surface area contributed by atoms with Crippen LogP contribution in [0.25, 0.3) is 0 Å². The smallest absolute Gasteiger partial charge is 0.313 e. The van der Waals surface area contributed by atoms with Crippen molar-refractivity contribution in [1.29, 1.82) is 0 Å². The van der Waals surface area contributed by atoms with Crippen LogP contribution in [0.15, 0.2) is 35.7 Å². The van der Waals surface area contributed by atoms with Gasteiger partial charge in [0.15, 0.2) is 0 Å². The van der Waals surface area contributed by atoms with Gasteiger partial charge in [0.05, 0.1) is 18.0 Å². The number of likely N-dealkylation sites (tertiary alicyclic amines) is 1. The number of nitrogens with zero attached hydrogens (tertiary/aromatic N) is 3. The number of carbonyl (C=O) groups is 4. The summed E-state index contributed by atoms with van der Waals surface area (Å²) in [6, 6.07) is 2.53. The van der Waals surface area contributed by atoms with Crippen LogP contribution in [0.3, 0.4) is 0 Å². The Hall–Kier alpha value is -3.72. The molecule has 3 amide bonds. The van der Waals surface area contributed by atoms with E-state index in [0.717, 1.165) is 43.4 Å². The minimum Gasteiger partial charge on any atom is -0.461 e. The fourth-order valence-electron chi connectivity index (χ4n) is 7.77. The van der Waals surface area contributed by atoms with E-state index >= 15 is 0 Å². The van der Waals surface area contributed by atoms with Crippen LogP contribution in [0.2, 0.25) is 0 Å². The first kappa shape index (κ1) is 46.0. The number of nitrogens with two attached hydrogens (primary N) is 1. The summed E-state index contributed by atoms with van der Waals surface area (Å²) < 4.78 is 26.2. The standard InChI is InChI=1S/C43H65FN6O6S/c1-9-17-50(42(53)38(27(6)11-3)48-40(52)35-14-12-13-18-49(35)8)36(26(4)5)23-37(55-19-10-2)41-47-34(25-57-41)39(51)46-31-20-29-15-16-30(44)21-32(29)33(22-31)43(54)56-28(7)24-45/h15-16,21,25,27-28,31,33,35-38H,4,9-14,17-20,22-24,45H2,1-3,5-8H3,(H,46,51)(H,48,52). The van der Waals surface area contributed by atoms with E-state index in [9.17, 15) is 23.6 Å². The number of hydrogen-bond donors (Lipinski definition) is 3. The number of carbonyl (C=O) groups excluding carboxylic acids is 4. The van der Waals surface area contributed by atoms with Gasteiger partial charge in [0.1, 0.15) is 34.8 Å². The lowest BCUT2D eigenvalue weighted by Gasteiger charge is -2.39. The van der Waals surface area contributed by atoms with E-state index in [1.807, 2.05) is 46.6 Å². The van der Waals surface area contributed by atoms with E-state index in [-0.39, 0.29) is 42.4 Å². The molecule has 0 radical (unpaired) electrons. The van der Waals surface area contributed by atoms with Crippen LogP contribution in [-0.2, 0) is 30.3 Å². The van der Waals surface area contributed by atoms with Crippen molar-refractivity contribution in [3.63, 3.8) is 0 Å². The van der Waals surface area contributed by atoms with Crippen molar-refractivity contribution in [2.24, 2.45) is 11.7 Å². The summed E-state index contributed by atoms with van der Waals surface area (Å²) in [5.41, 5.74) is 7.99. The van der Waals surface area contributed by atoms with Gasteiger partial charge in [0.25, 0.3) is 5.91 Å². The van der Waals surface area contributed by atoms with Gasteiger partial charge in [-0.1, -0.05) is 58.8 Å². The molecule has 12 nitrogen and oxygen atoms in total. The van der Waals surface area contributed by atoms with Crippen molar-refractivity contribution >= 4 is 35.0 Å². The quantitative estimate of drug-likeness (QED) is 0.107. The first-order valence-electron chi connectivity index (χ1n) is 20.8. The van der Waals surface area contributed by atoms with Crippen LogP contribution in [0, 0.1) is 11.7 Å². The number of thiazole rings is 1. The molecule has 316 valence electrons. The Morgan fingerprint density at radius 1 is 1.16 bits per heavy atom. The molecular weight excluding hydrogens is 748 g/mol. The first-order valence-corrected chi connectivity index (χ1v) is 21.6. The Bertz CT molecular complexity index is 1690. The van der Waals surface area contributed by atoms with Gasteiger partial charge in [0, 0.05) is 37.5 Å². The SMILES string of the molecule is C=C(C)C(CC(OCCC)c1nc(C(=O)NC2Cc3ccc(F)cc3C(C(=O)OC(C)CN)C2)cs1)N(CCC)C(=O)C(NC(=O)C1CCCCN1C)C(C)CC. The molecule has 1 aliphatic heterocycles. The monoisotopic (exact) mass is 812 g/mol. The maximum absolute atomic E-state index is 14.6. The minimum atomic E-state index is -0.767. The molecule has 4 N–H and O–H groups in total. The molecule has 0 saturated carbocycles. The lowest BCUT2D eigenvalue weighted by Crippen LogP contribution is -2.58. The minimum absolute atomic E-state index is 0.0955. The number of hydrogen-bond acceptors (Lipinski definition) is 10. The highest BCUT2D eigenvalue weighted by molar-refractivity contribution is 7.09. The molecule has 14 heteroatoms. The van der Waals surface area contributed by atoms with Crippen LogP contribution in [0.4, 0.5) is 4.39 Å². The van der Waals surface area contributed by atoms with Gasteiger partial charge < -0.3 is 30.7 Å². The molecule has 1 saturated heterocycles. The van der Waals surface area contributed by atoms with Crippen LogP contribution >= 0.6 is 11.3 Å². The third-order valence-corrected chi connectivity index (χ3v) is 12.2. The lowest BCUT2D eigenvalue weighted by atomic mass is 9.80. The van der Waals surface area contributed by atoms with Gasteiger partial charge in [-0.25, -0.2) is 9.37 Å². The van der Waals surface area contributed by atoms with Crippen molar-refractivity contribution in [3.05, 3.63) is 63.4 Å². The zero-order chi connectivity index (χ0) is 41.8. The third kappa shape index (κ3) is 12.2. The van der Waals surface area contributed by atoms with E-state index in [1.165, 1.54) is 23.5 Å². The van der Waals surface area contributed by atoms with E-state index in [2.05, 4.69) is 22.1 Å². The molecule has 0 spiro atoms. The molecule has 57 heavy (non-hydrogen) atoms. The van der Waals surface area contributed by atoms with Gasteiger partial charge in [-0.15, -0.1) is 11.3 Å². The molecule has 2 aromatic rings. The second-order valence-corrected chi connectivity index (χ2v) is 16.8. The lowest BCUT2D eigenvalue weighted by molar-refractivity contribution is -0.150. The van der Waals surface area contributed by atoms with Crippen molar-refractivity contribution in [3.8, 4) is 0 Å². The van der Waals surface area contributed by atoms with Crippen LogP contribution < -0.4 is 16.4 Å². The number of halogens is 1. The maximum atomic E-state index is 14.6. The fraction of sp³-hybridized carbons (Fsp3) is 0.651. The zero-order valence-electron chi connectivity index (χ0n) is 35.0. The molecule has 1 fully saturated rings. The van der Waals surface area contributed by atoms with E-state index < -0.39 is 53.9 Å². The molecule has 2 aliphatic rings. The van der Waals surface area contributed by atoms with Crippen molar-refractivity contribution < 1.29 is 33.0 Å². The number of ether oxygens (including phenoxy) is 2. The average Bonchev–Trinajstić information content (AvgIpc) is 3.69. The highest BCUT2D eigenvalue weighted by Gasteiger charge is 2.38. The highest BCUT2D eigenvalue weighted by Crippen LogP contribution is 2.35.